The molecule has 0 fully saturated rings. The van der Waals surface area contributed by atoms with E-state index in [0.29, 0.717) is 5.82 Å². The van der Waals surface area contributed by atoms with Gasteiger partial charge in [-0.15, -0.1) is 4.80 Å². The molecule has 0 saturated heterocycles. The Morgan fingerprint density at radius 3 is 2.71 bits per heavy atom. The van der Waals surface area contributed by atoms with E-state index in [1.54, 1.807) is 24.7 Å². The van der Waals surface area contributed by atoms with E-state index in [0.717, 1.165) is 11.4 Å². The molecule has 0 radical (unpaired) electrons. The van der Waals surface area contributed by atoms with Crippen molar-refractivity contribution in [3.05, 3.63) is 24.7 Å². The van der Waals surface area contributed by atoms with Crippen molar-refractivity contribution in [2.75, 3.05) is 18.1 Å². The van der Waals surface area contributed by atoms with E-state index in [4.69, 9.17) is 5.73 Å². The largest absolute Gasteiger partial charge is 0.386 e. The molecular formula is C8H10N6. The highest BCUT2D eigenvalue weighted by Crippen LogP contribution is 2.18. The molecule has 2 heterocycles. The zero-order valence-electron chi connectivity index (χ0n) is 7.68. The number of rotatable bonds is 2. The van der Waals surface area contributed by atoms with Gasteiger partial charge in [-0.2, -0.15) is 10.2 Å². The monoisotopic (exact) mass is 190 g/mol. The van der Waals surface area contributed by atoms with Crippen LogP contribution in [-0.2, 0) is 0 Å². The number of nitrogens with two attached hydrogens (primary N) is 1. The number of hydrogen-bond donors (Lipinski definition) is 2. The fourth-order valence-electron chi connectivity index (χ4n) is 1.16. The first-order valence-corrected chi connectivity index (χ1v) is 4.11. The molecule has 0 aliphatic heterocycles. The molecule has 6 nitrogen and oxygen atoms in total. The minimum Gasteiger partial charge on any atom is -0.386 e. The predicted molar refractivity (Wildman–Crippen MR) is 53.1 cm³/mol. The van der Waals surface area contributed by atoms with Crippen molar-refractivity contribution in [1.29, 1.82) is 0 Å². The van der Waals surface area contributed by atoms with Crippen LogP contribution in [0, 0.1) is 0 Å². The van der Waals surface area contributed by atoms with Crippen molar-refractivity contribution in [3.8, 4) is 5.69 Å². The Balaban J connectivity index is 2.53. The van der Waals surface area contributed by atoms with Crippen LogP contribution in [0.1, 0.15) is 0 Å². The second-order valence-electron chi connectivity index (χ2n) is 2.69. The van der Waals surface area contributed by atoms with Gasteiger partial charge in [0.2, 0.25) is 0 Å². The van der Waals surface area contributed by atoms with Crippen LogP contribution in [-0.4, -0.2) is 27.0 Å². The number of anilines is 2. The number of pyridine rings is 1. The van der Waals surface area contributed by atoms with Gasteiger partial charge < -0.3 is 11.1 Å². The van der Waals surface area contributed by atoms with Gasteiger partial charge in [-0.05, 0) is 0 Å². The summed E-state index contributed by atoms with van der Waals surface area (Å²) < 4.78 is 0. The van der Waals surface area contributed by atoms with Crippen molar-refractivity contribution >= 4 is 11.5 Å². The van der Waals surface area contributed by atoms with Gasteiger partial charge in [-0.25, -0.2) is 4.98 Å². The van der Waals surface area contributed by atoms with Gasteiger partial charge in [0.15, 0.2) is 0 Å². The molecular weight excluding hydrogens is 180 g/mol. The van der Waals surface area contributed by atoms with Crippen LogP contribution in [0.5, 0.6) is 0 Å². The van der Waals surface area contributed by atoms with Gasteiger partial charge in [-0.3, -0.25) is 0 Å². The summed E-state index contributed by atoms with van der Waals surface area (Å²) in [7, 11) is 1.81. The number of hydrogen-bond acceptors (Lipinski definition) is 5. The van der Waals surface area contributed by atoms with Crippen LogP contribution in [0.2, 0.25) is 0 Å². The summed E-state index contributed by atoms with van der Waals surface area (Å²) in [6.07, 6.45) is 4.84. The van der Waals surface area contributed by atoms with Crippen molar-refractivity contribution < 1.29 is 0 Å². The van der Waals surface area contributed by atoms with E-state index in [-0.39, 0.29) is 0 Å². The van der Waals surface area contributed by atoms with Gasteiger partial charge in [0.05, 0.1) is 24.3 Å². The molecule has 6 heteroatoms. The van der Waals surface area contributed by atoms with E-state index in [2.05, 4.69) is 20.5 Å². The number of nitrogens with one attached hydrogen (secondary N) is 1. The van der Waals surface area contributed by atoms with Gasteiger partial charge in [0, 0.05) is 13.1 Å². The highest BCUT2D eigenvalue weighted by molar-refractivity contribution is 5.62. The molecule has 0 bridgehead atoms. The Bertz CT molecular complexity index is 421. The molecule has 0 saturated carbocycles. The van der Waals surface area contributed by atoms with Crippen LogP contribution >= 0.6 is 0 Å². The molecule has 3 N–H and O–H groups in total. The molecule has 0 atom stereocenters. The molecule has 0 amide bonds. The van der Waals surface area contributed by atoms with Gasteiger partial charge in [-0.1, -0.05) is 0 Å². The van der Waals surface area contributed by atoms with Gasteiger partial charge >= 0.3 is 0 Å². The molecule has 0 aromatic carbocycles. The van der Waals surface area contributed by atoms with Crippen LogP contribution in [0.3, 0.4) is 0 Å². The lowest BCUT2D eigenvalue weighted by atomic mass is 10.3. The average Bonchev–Trinajstić information content (AvgIpc) is 2.70. The van der Waals surface area contributed by atoms with Crippen molar-refractivity contribution in [2.24, 2.45) is 0 Å². The Labute approximate surface area is 80.8 Å². The van der Waals surface area contributed by atoms with E-state index < -0.39 is 0 Å². The number of nitrogens with zero attached hydrogens (tertiary/aromatic N) is 4. The summed E-state index contributed by atoms with van der Waals surface area (Å²) in [5.74, 6) is 0.463. The summed E-state index contributed by atoms with van der Waals surface area (Å²) >= 11 is 0. The standard InChI is InChI=1S/C8H10N6/c1-10-6-4-8(9)11-5-7(6)14-12-2-3-13-14/h2-5H,1H3,(H3,9,10,11). The summed E-state index contributed by atoms with van der Waals surface area (Å²) in [5.41, 5.74) is 7.17. The summed E-state index contributed by atoms with van der Waals surface area (Å²) in [6.45, 7) is 0. The van der Waals surface area contributed by atoms with E-state index in [1.807, 2.05) is 7.05 Å². The molecule has 2 aromatic rings. The van der Waals surface area contributed by atoms with Crippen LogP contribution in [0.25, 0.3) is 5.69 Å². The maximum absolute atomic E-state index is 5.56. The third kappa shape index (κ3) is 1.37. The smallest absolute Gasteiger partial charge is 0.127 e. The topological polar surface area (TPSA) is 81.6 Å². The highest BCUT2D eigenvalue weighted by atomic mass is 15.5. The fourth-order valence-corrected chi connectivity index (χ4v) is 1.16. The molecule has 0 unspecified atom stereocenters. The number of nitrogen functional groups attached to an aromatic ring is 1. The molecule has 0 aliphatic rings. The molecule has 0 spiro atoms. The van der Waals surface area contributed by atoms with E-state index in [9.17, 15) is 0 Å². The van der Waals surface area contributed by atoms with E-state index >= 15 is 0 Å². The third-order valence-electron chi connectivity index (χ3n) is 1.81. The normalized spacial score (nSPS) is 10.1. The lowest BCUT2D eigenvalue weighted by Crippen LogP contribution is -2.05. The first-order chi connectivity index (χ1) is 6.81. The lowest BCUT2D eigenvalue weighted by molar-refractivity contribution is 0.750. The van der Waals surface area contributed by atoms with Gasteiger partial charge in [0.1, 0.15) is 11.5 Å². The SMILES string of the molecule is CNc1cc(N)ncc1-n1nccn1. The lowest BCUT2D eigenvalue weighted by Gasteiger charge is -2.07. The maximum atomic E-state index is 5.56. The first kappa shape index (κ1) is 8.49. The van der Waals surface area contributed by atoms with Crippen molar-refractivity contribution in [3.63, 3.8) is 0 Å². The molecule has 0 aliphatic carbocycles. The van der Waals surface area contributed by atoms with Crippen molar-refractivity contribution in [2.45, 2.75) is 0 Å². The highest BCUT2D eigenvalue weighted by Gasteiger charge is 2.05. The Hall–Kier alpha value is -2.11. The maximum Gasteiger partial charge on any atom is 0.127 e. The van der Waals surface area contributed by atoms with Crippen molar-refractivity contribution in [1.82, 2.24) is 20.0 Å². The molecule has 2 rings (SSSR count). The zero-order chi connectivity index (χ0) is 9.97. The minimum absolute atomic E-state index is 0.463. The second kappa shape index (κ2) is 3.33. The van der Waals surface area contributed by atoms with Gasteiger partial charge in [0.25, 0.3) is 0 Å². The summed E-state index contributed by atoms with van der Waals surface area (Å²) in [4.78, 5) is 5.47. The van der Waals surface area contributed by atoms with E-state index in [1.165, 1.54) is 4.80 Å². The zero-order valence-corrected chi connectivity index (χ0v) is 7.68. The molecule has 14 heavy (non-hydrogen) atoms. The summed E-state index contributed by atoms with van der Waals surface area (Å²) in [6, 6.07) is 1.73. The average molecular weight is 190 g/mol. The minimum atomic E-state index is 0.463. The number of aromatic nitrogens is 4. The summed E-state index contributed by atoms with van der Waals surface area (Å²) in [5, 5.41) is 11.0. The molecule has 72 valence electrons. The van der Waals surface area contributed by atoms with Crippen LogP contribution in [0.4, 0.5) is 11.5 Å². The first-order valence-electron chi connectivity index (χ1n) is 4.11. The fraction of sp³-hybridized carbons (Fsp3) is 0.125. The quantitative estimate of drug-likeness (QED) is 0.711. The Kier molecular flexibility index (Phi) is 2.02. The second-order valence-corrected chi connectivity index (χ2v) is 2.69. The van der Waals surface area contributed by atoms with Crippen LogP contribution < -0.4 is 11.1 Å². The Morgan fingerprint density at radius 1 is 1.36 bits per heavy atom. The predicted octanol–water partition coefficient (Wildman–Crippen LogP) is 0.286. The van der Waals surface area contributed by atoms with Crippen LogP contribution in [0.15, 0.2) is 24.7 Å². The molecule has 2 aromatic heterocycles. The third-order valence-corrected chi connectivity index (χ3v) is 1.81. The Morgan fingerprint density at radius 2 is 2.07 bits per heavy atom.